The van der Waals surface area contributed by atoms with E-state index in [9.17, 15) is 9.18 Å². The molecule has 1 aliphatic rings. The van der Waals surface area contributed by atoms with Gasteiger partial charge in [-0.25, -0.2) is 14.4 Å². The number of benzene rings is 1. The Morgan fingerprint density at radius 3 is 2.75 bits per heavy atom. The van der Waals surface area contributed by atoms with Gasteiger partial charge in [-0.15, -0.1) is 0 Å². The molecule has 1 atom stereocenters. The summed E-state index contributed by atoms with van der Waals surface area (Å²) in [4.78, 5) is 21.9. The highest BCUT2D eigenvalue weighted by Gasteiger charge is 2.33. The van der Waals surface area contributed by atoms with E-state index in [1.54, 1.807) is 23.8 Å². The molecular formula is C21H21ClFN3O2. The number of methoxy groups -OCH3 is 1. The third-order valence-electron chi connectivity index (χ3n) is 5.39. The van der Waals surface area contributed by atoms with E-state index in [2.05, 4.69) is 16.9 Å². The van der Waals surface area contributed by atoms with Crippen molar-refractivity contribution < 1.29 is 9.13 Å². The van der Waals surface area contributed by atoms with Gasteiger partial charge in [0.15, 0.2) is 17.2 Å². The van der Waals surface area contributed by atoms with E-state index in [0.717, 1.165) is 19.3 Å². The Morgan fingerprint density at radius 1 is 1.36 bits per heavy atom. The van der Waals surface area contributed by atoms with E-state index >= 15 is 0 Å². The van der Waals surface area contributed by atoms with Gasteiger partial charge in [0.25, 0.3) is 5.56 Å². The Bertz CT molecular complexity index is 1120. The normalized spacial score (nSPS) is 15.0. The van der Waals surface area contributed by atoms with E-state index < -0.39 is 5.82 Å². The van der Waals surface area contributed by atoms with Crippen LogP contribution >= 0.6 is 11.6 Å². The second kappa shape index (κ2) is 7.17. The molecule has 0 aliphatic heterocycles. The lowest BCUT2D eigenvalue weighted by Crippen LogP contribution is -2.29. The topological polar surface area (TPSA) is 57.0 Å². The first-order chi connectivity index (χ1) is 13.5. The number of nitrogens with zero attached hydrogens (tertiary/aromatic N) is 3. The summed E-state index contributed by atoms with van der Waals surface area (Å²) < 4.78 is 21.1. The van der Waals surface area contributed by atoms with Crippen LogP contribution in [0.25, 0.3) is 22.3 Å². The van der Waals surface area contributed by atoms with Gasteiger partial charge in [-0.2, -0.15) is 0 Å². The highest BCUT2D eigenvalue weighted by atomic mass is 35.5. The van der Waals surface area contributed by atoms with Crippen LogP contribution in [0.15, 0.2) is 29.2 Å². The molecule has 3 aromatic rings. The Hall–Kier alpha value is -2.47. The van der Waals surface area contributed by atoms with Crippen molar-refractivity contribution in [2.24, 2.45) is 5.92 Å². The molecule has 4 rings (SSSR count). The average molecular weight is 402 g/mol. The van der Waals surface area contributed by atoms with E-state index in [0.29, 0.717) is 38.9 Å². The number of halogens is 2. The summed E-state index contributed by atoms with van der Waals surface area (Å²) in [6.45, 7) is 3.78. The van der Waals surface area contributed by atoms with Crippen LogP contribution in [0.2, 0.25) is 5.02 Å². The SMILES string of the molecule is CCC(C1CC1)n1c(=O)c(C)nc2c(-c3cc(F)c(OC)cc3Cl)ccnc21. The van der Waals surface area contributed by atoms with Crippen LogP contribution in [0.3, 0.4) is 0 Å². The highest BCUT2D eigenvalue weighted by Crippen LogP contribution is 2.42. The third kappa shape index (κ3) is 3.05. The summed E-state index contributed by atoms with van der Waals surface area (Å²) in [6, 6.07) is 4.61. The molecule has 0 N–H and O–H groups in total. The van der Waals surface area contributed by atoms with E-state index in [1.165, 1.54) is 19.2 Å². The molecule has 0 amide bonds. The molecule has 5 nitrogen and oxygen atoms in total. The zero-order valence-electron chi connectivity index (χ0n) is 16.0. The molecule has 1 fully saturated rings. The number of ether oxygens (including phenoxy) is 1. The Kier molecular flexibility index (Phi) is 4.83. The van der Waals surface area contributed by atoms with Crippen molar-refractivity contribution in [2.45, 2.75) is 39.2 Å². The summed E-state index contributed by atoms with van der Waals surface area (Å²) >= 11 is 6.41. The standard InChI is InChI=1S/C21H21ClFN3O2/c1-4-17(12-5-6-12)26-20-19(25-11(2)21(26)27)13(7-8-24-20)14-9-16(23)18(28-3)10-15(14)22/h7-10,12,17H,4-6H2,1-3H3. The molecule has 28 heavy (non-hydrogen) atoms. The first kappa shape index (κ1) is 18.9. The van der Waals surface area contributed by atoms with E-state index in [4.69, 9.17) is 16.3 Å². The highest BCUT2D eigenvalue weighted by molar-refractivity contribution is 6.33. The minimum Gasteiger partial charge on any atom is -0.494 e. The monoisotopic (exact) mass is 401 g/mol. The fourth-order valence-corrected chi connectivity index (χ4v) is 4.10. The van der Waals surface area contributed by atoms with Gasteiger partial charge in [-0.05, 0) is 44.2 Å². The van der Waals surface area contributed by atoms with Crippen LogP contribution in [0.5, 0.6) is 5.75 Å². The van der Waals surface area contributed by atoms with Crippen molar-refractivity contribution in [3.63, 3.8) is 0 Å². The summed E-state index contributed by atoms with van der Waals surface area (Å²) in [7, 11) is 1.39. The minimum atomic E-state index is -0.513. The molecule has 0 spiro atoms. The fraction of sp³-hybridized carbons (Fsp3) is 0.381. The Labute approximate surface area is 167 Å². The van der Waals surface area contributed by atoms with Crippen molar-refractivity contribution in [2.75, 3.05) is 7.11 Å². The maximum absolute atomic E-state index is 14.4. The number of hydrogen-bond acceptors (Lipinski definition) is 4. The quantitative estimate of drug-likeness (QED) is 0.608. The predicted octanol–water partition coefficient (Wildman–Crippen LogP) is 4.93. The second-order valence-corrected chi connectivity index (χ2v) is 7.59. The molecule has 0 radical (unpaired) electrons. The number of aryl methyl sites for hydroxylation is 1. The van der Waals surface area contributed by atoms with E-state index in [-0.39, 0.29) is 17.4 Å². The second-order valence-electron chi connectivity index (χ2n) is 7.18. The zero-order valence-corrected chi connectivity index (χ0v) is 16.8. The van der Waals surface area contributed by atoms with Crippen LogP contribution in [-0.4, -0.2) is 21.6 Å². The van der Waals surface area contributed by atoms with Gasteiger partial charge < -0.3 is 4.74 Å². The predicted molar refractivity (Wildman–Crippen MR) is 108 cm³/mol. The number of pyridine rings is 1. The molecule has 2 aromatic heterocycles. The summed E-state index contributed by atoms with van der Waals surface area (Å²) in [5, 5.41) is 0.345. The van der Waals surface area contributed by atoms with Gasteiger partial charge in [0.2, 0.25) is 0 Å². The van der Waals surface area contributed by atoms with Crippen LogP contribution in [0, 0.1) is 18.7 Å². The van der Waals surface area contributed by atoms with Crippen LogP contribution < -0.4 is 10.3 Å². The van der Waals surface area contributed by atoms with Crippen molar-refractivity contribution >= 4 is 22.8 Å². The minimum absolute atomic E-state index is 0.0768. The van der Waals surface area contributed by atoms with Crippen LogP contribution in [-0.2, 0) is 0 Å². The van der Waals surface area contributed by atoms with Gasteiger partial charge >= 0.3 is 0 Å². The van der Waals surface area contributed by atoms with Gasteiger partial charge in [-0.3, -0.25) is 9.36 Å². The number of aromatic nitrogens is 3. The van der Waals surface area contributed by atoms with Crippen molar-refractivity contribution in [3.05, 3.63) is 51.3 Å². The molecule has 2 heterocycles. The molecule has 1 unspecified atom stereocenters. The molecule has 7 heteroatoms. The molecule has 0 saturated heterocycles. The molecule has 1 aromatic carbocycles. The summed E-state index contributed by atoms with van der Waals surface area (Å²) in [5.74, 6) is 0.0504. The van der Waals surface area contributed by atoms with Gasteiger partial charge in [0, 0.05) is 29.4 Å². The number of fused-ring (bicyclic) bond motifs is 1. The average Bonchev–Trinajstić information content (AvgIpc) is 3.51. The third-order valence-corrected chi connectivity index (χ3v) is 5.70. The Balaban J connectivity index is 2.01. The first-order valence-electron chi connectivity index (χ1n) is 9.37. The van der Waals surface area contributed by atoms with Crippen molar-refractivity contribution in [1.82, 2.24) is 14.5 Å². The van der Waals surface area contributed by atoms with Gasteiger partial charge in [-0.1, -0.05) is 18.5 Å². The maximum atomic E-state index is 14.4. The molecule has 0 bridgehead atoms. The molecular weight excluding hydrogens is 381 g/mol. The lowest BCUT2D eigenvalue weighted by Gasteiger charge is -2.21. The number of rotatable bonds is 5. The van der Waals surface area contributed by atoms with E-state index in [1.807, 2.05) is 0 Å². The summed E-state index contributed by atoms with van der Waals surface area (Å²) in [5.41, 5.74) is 2.46. The lowest BCUT2D eigenvalue weighted by molar-refractivity contribution is 0.386. The van der Waals surface area contributed by atoms with Crippen LogP contribution in [0.4, 0.5) is 4.39 Å². The summed E-state index contributed by atoms with van der Waals surface area (Å²) in [6.07, 6.45) is 4.68. The van der Waals surface area contributed by atoms with Gasteiger partial charge in [0.1, 0.15) is 11.2 Å². The number of hydrogen-bond donors (Lipinski definition) is 0. The Morgan fingerprint density at radius 2 is 2.11 bits per heavy atom. The first-order valence-corrected chi connectivity index (χ1v) is 9.75. The van der Waals surface area contributed by atoms with Crippen LogP contribution in [0.1, 0.15) is 37.9 Å². The lowest BCUT2D eigenvalue weighted by atomic mass is 10.0. The largest absolute Gasteiger partial charge is 0.494 e. The smallest absolute Gasteiger partial charge is 0.273 e. The molecule has 146 valence electrons. The molecule has 1 aliphatic carbocycles. The fourth-order valence-electron chi connectivity index (χ4n) is 3.84. The zero-order chi connectivity index (χ0) is 20.0. The van der Waals surface area contributed by atoms with Crippen molar-refractivity contribution in [3.8, 4) is 16.9 Å². The maximum Gasteiger partial charge on any atom is 0.273 e. The van der Waals surface area contributed by atoms with Crippen molar-refractivity contribution in [1.29, 1.82) is 0 Å². The van der Waals surface area contributed by atoms with Gasteiger partial charge in [0.05, 0.1) is 12.1 Å². The molecule has 1 saturated carbocycles.